The lowest BCUT2D eigenvalue weighted by Crippen LogP contribution is -2.27. The predicted octanol–water partition coefficient (Wildman–Crippen LogP) is 3.33. The molecule has 0 fully saturated rings. The largest absolute Gasteiger partial charge is 0.493 e. The van der Waals surface area contributed by atoms with Crippen LogP contribution in [0.25, 0.3) is 6.08 Å². The van der Waals surface area contributed by atoms with Gasteiger partial charge in [-0.3, -0.25) is 4.79 Å². The molecule has 0 aromatic heterocycles. The molecular weight excluding hydrogens is 418 g/mol. The standard InChI is InChI=1S/C19H18BrNO6/c1-25-15-9-11(10-16(26-2)17(15)27-3)8-14(19(23)24)21-18(22)12-4-6-13(20)7-5-12/h4-10H,1-3H3,(H,21,22)(H,23,24). The van der Waals surface area contributed by atoms with Gasteiger partial charge in [0, 0.05) is 10.0 Å². The Kier molecular flexibility index (Phi) is 6.84. The Morgan fingerprint density at radius 1 is 1.00 bits per heavy atom. The fourth-order valence-electron chi connectivity index (χ4n) is 2.30. The van der Waals surface area contributed by atoms with E-state index in [0.717, 1.165) is 4.47 Å². The topological polar surface area (TPSA) is 94.1 Å². The highest BCUT2D eigenvalue weighted by Crippen LogP contribution is 2.38. The number of hydrogen-bond acceptors (Lipinski definition) is 5. The number of halogens is 1. The van der Waals surface area contributed by atoms with Gasteiger partial charge in [-0.2, -0.15) is 0 Å². The third-order valence-electron chi connectivity index (χ3n) is 3.58. The number of aliphatic carboxylic acids is 1. The van der Waals surface area contributed by atoms with Gasteiger partial charge >= 0.3 is 5.97 Å². The van der Waals surface area contributed by atoms with Crippen molar-refractivity contribution in [2.75, 3.05) is 21.3 Å². The summed E-state index contributed by atoms with van der Waals surface area (Å²) < 4.78 is 16.5. The molecule has 27 heavy (non-hydrogen) atoms. The molecule has 0 aliphatic heterocycles. The van der Waals surface area contributed by atoms with Crippen LogP contribution in [0.5, 0.6) is 17.2 Å². The van der Waals surface area contributed by atoms with Crippen LogP contribution < -0.4 is 19.5 Å². The lowest BCUT2D eigenvalue weighted by Gasteiger charge is -2.13. The maximum Gasteiger partial charge on any atom is 0.352 e. The van der Waals surface area contributed by atoms with Crippen molar-refractivity contribution in [3.05, 3.63) is 57.7 Å². The van der Waals surface area contributed by atoms with Crippen LogP contribution in [0, 0.1) is 0 Å². The lowest BCUT2D eigenvalue weighted by molar-refractivity contribution is -0.132. The molecule has 2 rings (SSSR count). The minimum atomic E-state index is -1.28. The van der Waals surface area contributed by atoms with E-state index in [1.165, 1.54) is 27.4 Å². The Balaban J connectivity index is 2.38. The van der Waals surface area contributed by atoms with Crippen molar-refractivity contribution < 1.29 is 28.9 Å². The van der Waals surface area contributed by atoms with Crippen LogP contribution >= 0.6 is 15.9 Å². The zero-order chi connectivity index (χ0) is 20.0. The Hall–Kier alpha value is -3.00. The first-order valence-corrected chi connectivity index (χ1v) is 8.50. The molecule has 0 radical (unpaired) electrons. The van der Waals surface area contributed by atoms with Gasteiger partial charge in [-0.25, -0.2) is 4.79 Å². The number of carboxylic acids is 1. The van der Waals surface area contributed by atoms with Crippen molar-refractivity contribution in [2.24, 2.45) is 0 Å². The number of methoxy groups -OCH3 is 3. The van der Waals surface area contributed by atoms with E-state index in [4.69, 9.17) is 14.2 Å². The Morgan fingerprint density at radius 3 is 2.00 bits per heavy atom. The van der Waals surface area contributed by atoms with Gasteiger partial charge in [0.15, 0.2) is 11.5 Å². The maximum absolute atomic E-state index is 12.3. The van der Waals surface area contributed by atoms with E-state index in [-0.39, 0.29) is 5.70 Å². The second kappa shape index (κ2) is 9.09. The molecule has 8 heteroatoms. The number of amides is 1. The molecule has 0 bridgehead atoms. The van der Waals surface area contributed by atoms with Crippen LogP contribution in [-0.2, 0) is 4.79 Å². The minimum absolute atomic E-state index is 0.294. The van der Waals surface area contributed by atoms with Gasteiger partial charge < -0.3 is 24.6 Å². The molecule has 0 spiro atoms. The highest BCUT2D eigenvalue weighted by atomic mass is 79.9. The molecule has 142 valence electrons. The van der Waals surface area contributed by atoms with Gasteiger partial charge in [-0.15, -0.1) is 0 Å². The van der Waals surface area contributed by atoms with Crippen LogP contribution in [0.2, 0.25) is 0 Å². The van der Waals surface area contributed by atoms with E-state index in [0.29, 0.717) is 28.4 Å². The number of hydrogen-bond donors (Lipinski definition) is 2. The summed E-state index contributed by atoms with van der Waals surface area (Å²) in [6, 6.07) is 9.71. The fraction of sp³-hybridized carbons (Fsp3) is 0.158. The summed E-state index contributed by atoms with van der Waals surface area (Å²) in [7, 11) is 4.38. The van der Waals surface area contributed by atoms with Crippen LogP contribution in [0.4, 0.5) is 0 Å². The number of nitrogens with one attached hydrogen (secondary N) is 1. The maximum atomic E-state index is 12.3. The molecule has 2 N–H and O–H groups in total. The van der Waals surface area contributed by atoms with Crippen molar-refractivity contribution >= 4 is 33.9 Å². The molecule has 7 nitrogen and oxygen atoms in total. The summed E-state index contributed by atoms with van der Waals surface area (Å²) in [5.41, 5.74) is 0.491. The smallest absolute Gasteiger partial charge is 0.352 e. The minimum Gasteiger partial charge on any atom is -0.493 e. The second-order valence-electron chi connectivity index (χ2n) is 5.28. The average molecular weight is 436 g/mol. The summed E-state index contributed by atoms with van der Waals surface area (Å²) >= 11 is 3.28. The number of rotatable bonds is 7. The SMILES string of the molecule is COc1cc(C=C(NC(=O)c2ccc(Br)cc2)C(=O)O)cc(OC)c1OC. The first-order valence-electron chi connectivity index (χ1n) is 7.71. The van der Waals surface area contributed by atoms with E-state index in [2.05, 4.69) is 21.2 Å². The molecule has 2 aromatic carbocycles. The summed E-state index contributed by atoms with van der Waals surface area (Å²) in [5, 5.41) is 11.8. The normalized spacial score (nSPS) is 10.9. The van der Waals surface area contributed by atoms with E-state index in [9.17, 15) is 14.7 Å². The molecule has 0 atom stereocenters. The van der Waals surface area contributed by atoms with Crippen molar-refractivity contribution in [3.8, 4) is 17.2 Å². The van der Waals surface area contributed by atoms with Crippen molar-refractivity contribution in [1.29, 1.82) is 0 Å². The molecule has 0 saturated heterocycles. The number of ether oxygens (including phenoxy) is 3. The van der Waals surface area contributed by atoms with Gasteiger partial charge in [0.1, 0.15) is 5.70 Å². The molecule has 0 aliphatic carbocycles. The molecule has 0 saturated carbocycles. The Labute approximate surface area is 164 Å². The van der Waals surface area contributed by atoms with Crippen LogP contribution in [0.15, 0.2) is 46.6 Å². The average Bonchev–Trinajstić information content (AvgIpc) is 2.66. The van der Waals surface area contributed by atoms with Gasteiger partial charge in [-0.05, 0) is 48.0 Å². The van der Waals surface area contributed by atoms with E-state index >= 15 is 0 Å². The van der Waals surface area contributed by atoms with Crippen LogP contribution in [0.1, 0.15) is 15.9 Å². The van der Waals surface area contributed by atoms with Crippen LogP contribution in [0.3, 0.4) is 0 Å². The first-order chi connectivity index (χ1) is 12.9. The summed E-state index contributed by atoms with van der Waals surface area (Å²) in [6.45, 7) is 0. The molecule has 0 aliphatic rings. The molecule has 0 unspecified atom stereocenters. The van der Waals surface area contributed by atoms with Crippen molar-refractivity contribution in [3.63, 3.8) is 0 Å². The highest BCUT2D eigenvalue weighted by molar-refractivity contribution is 9.10. The summed E-state index contributed by atoms with van der Waals surface area (Å²) in [4.78, 5) is 23.9. The Bertz CT molecular complexity index is 851. The molecular formula is C19H18BrNO6. The number of carboxylic acid groups (broad SMARTS) is 1. The monoisotopic (exact) mass is 435 g/mol. The molecule has 2 aromatic rings. The quantitative estimate of drug-likeness (QED) is 0.647. The first kappa shape index (κ1) is 20.3. The van der Waals surface area contributed by atoms with Gasteiger partial charge in [0.05, 0.1) is 21.3 Å². The highest BCUT2D eigenvalue weighted by Gasteiger charge is 2.16. The summed E-state index contributed by atoms with van der Waals surface area (Å²) in [6.07, 6.45) is 1.31. The number of carbonyl (C=O) groups excluding carboxylic acids is 1. The third kappa shape index (κ3) is 5.01. The summed E-state index contributed by atoms with van der Waals surface area (Å²) in [5.74, 6) is -0.704. The van der Waals surface area contributed by atoms with Crippen molar-refractivity contribution in [1.82, 2.24) is 5.32 Å². The third-order valence-corrected chi connectivity index (χ3v) is 4.11. The zero-order valence-corrected chi connectivity index (χ0v) is 16.5. The molecule has 0 heterocycles. The van der Waals surface area contributed by atoms with E-state index in [1.54, 1.807) is 36.4 Å². The van der Waals surface area contributed by atoms with Gasteiger partial charge in [0.2, 0.25) is 5.75 Å². The van der Waals surface area contributed by atoms with Gasteiger partial charge in [-0.1, -0.05) is 15.9 Å². The van der Waals surface area contributed by atoms with Gasteiger partial charge in [0.25, 0.3) is 5.91 Å². The number of carbonyl (C=O) groups is 2. The zero-order valence-electron chi connectivity index (χ0n) is 14.9. The number of benzene rings is 2. The fourth-order valence-corrected chi connectivity index (χ4v) is 2.56. The Morgan fingerprint density at radius 2 is 1.56 bits per heavy atom. The van der Waals surface area contributed by atoms with E-state index < -0.39 is 11.9 Å². The second-order valence-corrected chi connectivity index (χ2v) is 6.20. The predicted molar refractivity (Wildman–Crippen MR) is 103 cm³/mol. The van der Waals surface area contributed by atoms with Crippen LogP contribution in [-0.4, -0.2) is 38.3 Å². The molecule has 1 amide bonds. The lowest BCUT2D eigenvalue weighted by atomic mass is 10.1. The van der Waals surface area contributed by atoms with Crippen molar-refractivity contribution in [2.45, 2.75) is 0 Å². The van der Waals surface area contributed by atoms with E-state index in [1.807, 2.05) is 0 Å².